The second-order valence-electron chi connectivity index (χ2n) is 2.93. The Bertz CT molecular complexity index is 366. The van der Waals surface area contributed by atoms with Crippen molar-refractivity contribution < 1.29 is 4.79 Å². The minimum Gasteiger partial charge on any atom is -0.292 e. The highest BCUT2D eigenvalue weighted by Gasteiger charge is 2.15. The molecule has 0 radical (unpaired) electrons. The van der Waals surface area contributed by atoms with Crippen molar-refractivity contribution in [3.8, 4) is 0 Å². The SMILES string of the molecule is CC1=Nc2ccccc2CC1=O. The van der Waals surface area contributed by atoms with Gasteiger partial charge in [-0.2, -0.15) is 0 Å². The summed E-state index contributed by atoms with van der Waals surface area (Å²) in [6, 6.07) is 7.75. The maximum Gasteiger partial charge on any atom is 0.181 e. The summed E-state index contributed by atoms with van der Waals surface area (Å²) in [5.74, 6) is 0.133. The molecule has 0 N–H and O–H groups in total. The zero-order valence-corrected chi connectivity index (χ0v) is 6.87. The van der Waals surface area contributed by atoms with Crippen molar-refractivity contribution in [3.05, 3.63) is 29.8 Å². The minimum absolute atomic E-state index is 0.133. The largest absolute Gasteiger partial charge is 0.292 e. The fraction of sp³-hybridized carbons (Fsp3) is 0.200. The van der Waals surface area contributed by atoms with E-state index in [0.29, 0.717) is 12.1 Å². The Morgan fingerprint density at radius 1 is 1.33 bits per heavy atom. The van der Waals surface area contributed by atoms with Crippen LogP contribution in [0.4, 0.5) is 5.69 Å². The topological polar surface area (TPSA) is 29.4 Å². The molecule has 12 heavy (non-hydrogen) atoms. The highest BCUT2D eigenvalue weighted by atomic mass is 16.1. The average Bonchev–Trinajstić information content (AvgIpc) is 2.07. The number of rotatable bonds is 0. The number of aliphatic imine (C=N–C) groups is 1. The molecule has 2 rings (SSSR count). The lowest BCUT2D eigenvalue weighted by Crippen LogP contribution is -2.16. The molecule has 60 valence electrons. The molecule has 1 aromatic rings. The van der Waals surface area contributed by atoms with Gasteiger partial charge in [-0.25, -0.2) is 4.99 Å². The van der Waals surface area contributed by atoms with Gasteiger partial charge in [-0.1, -0.05) is 18.2 Å². The summed E-state index contributed by atoms with van der Waals surface area (Å²) in [6.45, 7) is 1.76. The molecule has 2 heteroatoms. The molecule has 0 saturated heterocycles. The summed E-state index contributed by atoms with van der Waals surface area (Å²) in [7, 11) is 0. The second-order valence-corrected chi connectivity index (χ2v) is 2.93. The molecule has 1 aliphatic rings. The standard InChI is InChI=1S/C10H9NO/c1-7-10(12)6-8-4-2-3-5-9(8)11-7/h2-5H,6H2,1H3. The third-order valence-corrected chi connectivity index (χ3v) is 2.03. The van der Waals surface area contributed by atoms with Gasteiger partial charge in [-0.15, -0.1) is 0 Å². The number of Topliss-reactive ketones (excluding diaryl/α,β-unsaturated/α-hetero) is 1. The second kappa shape index (κ2) is 2.55. The van der Waals surface area contributed by atoms with Crippen LogP contribution in [0.2, 0.25) is 0 Å². The molecule has 1 aliphatic heterocycles. The third kappa shape index (κ3) is 1.05. The smallest absolute Gasteiger partial charge is 0.181 e. The average molecular weight is 159 g/mol. The number of hydrogen-bond acceptors (Lipinski definition) is 2. The van der Waals surface area contributed by atoms with Crippen LogP contribution in [-0.4, -0.2) is 11.5 Å². The van der Waals surface area contributed by atoms with Crippen LogP contribution in [0.5, 0.6) is 0 Å². The van der Waals surface area contributed by atoms with Crippen LogP contribution >= 0.6 is 0 Å². The zero-order chi connectivity index (χ0) is 8.55. The Morgan fingerprint density at radius 2 is 2.08 bits per heavy atom. The van der Waals surface area contributed by atoms with Gasteiger partial charge in [0.1, 0.15) is 0 Å². The van der Waals surface area contributed by atoms with E-state index in [-0.39, 0.29) is 5.78 Å². The fourth-order valence-electron chi connectivity index (χ4n) is 1.31. The van der Waals surface area contributed by atoms with E-state index in [1.54, 1.807) is 6.92 Å². The number of benzene rings is 1. The fourth-order valence-corrected chi connectivity index (χ4v) is 1.31. The molecular formula is C10H9NO. The van der Waals surface area contributed by atoms with E-state index < -0.39 is 0 Å². The van der Waals surface area contributed by atoms with Crippen molar-refractivity contribution in [2.24, 2.45) is 4.99 Å². The molecule has 0 aromatic heterocycles. The molecule has 0 saturated carbocycles. The predicted octanol–water partition coefficient (Wildman–Crippen LogP) is 1.90. The summed E-state index contributed by atoms with van der Waals surface area (Å²) in [4.78, 5) is 15.4. The van der Waals surface area contributed by atoms with Gasteiger partial charge in [-0.3, -0.25) is 4.79 Å². The van der Waals surface area contributed by atoms with Crippen molar-refractivity contribution >= 4 is 17.2 Å². The first kappa shape index (κ1) is 7.22. The monoisotopic (exact) mass is 159 g/mol. The highest BCUT2D eigenvalue weighted by Crippen LogP contribution is 2.23. The molecule has 0 fully saturated rings. The van der Waals surface area contributed by atoms with E-state index in [9.17, 15) is 4.79 Å². The molecule has 0 unspecified atom stereocenters. The van der Waals surface area contributed by atoms with Gasteiger partial charge in [0.05, 0.1) is 11.4 Å². The van der Waals surface area contributed by atoms with Gasteiger partial charge in [-0.05, 0) is 18.6 Å². The summed E-state index contributed by atoms with van der Waals surface area (Å²) < 4.78 is 0. The van der Waals surface area contributed by atoms with Crippen molar-refractivity contribution in [1.82, 2.24) is 0 Å². The lowest BCUT2D eigenvalue weighted by atomic mass is 10.0. The van der Waals surface area contributed by atoms with Crippen molar-refractivity contribution in [2.75, 3.05) is 0 Å². The van der Waals surface area contributed by atoms with Gasteiger partial charge < -0.3 is 0 Å². The molecule has 1 aromatic carbocycles. The Morgan fingerprint density at radius 3 is 2.92 bits per heavy atom. The quantitative estimate of drug-likeness (QED) is 0.568. The first-order valence-corrected chi connectivity index (χ1v) is 3.94. The van der Waals surface area contributed by atoms with E-state index in [4.69, 9.17) is 0 Å². The van der Waals surface area contributed by atoms with E-state index >= 15 is 0 Å². The molecule has 1 heterocycles. The van der Waals surface area contributed by atoms with Crippen LogP contribution in [-0.2, 0) is 11.2 Å². The summed E-state index contributed by atoms with van der Waals surface area (Å²) in [6.07, 6.45) is 0.505. The Hall–Kier alpha value is -1.44. The Balaban J connectivity index is 2.56. The van der Waals surface area contributed by atoms with Crippen LogP contribution in [0.15, 0.2) is 29.3 Å². The predicted molar refractivity (Wildman–Crippen MR) is 47.9 cm³/mol. The van der Waals surface area contributed by atoms with Crippen molar-refractivity contribution in [1.29, 1.82) is 0 Å². The maximum absolute atomic E-state index is 11.2. The minimum atomic E-state index is 0.133. The Kier molecular flexibility index (Phi) is 1.54. The number of nitrogens with zero attached hydrogens (tertiary/aromatic N) is 1. The van der Waals surface area contributed by atoms with Crippen molar-refractivity contribution in [2.45, 2.75) is 13.3 Å². The van der Waals surface area contributed by atoms with Gasteiger partial charge >= 0.3 is 0 Å². The number of fused-ring (bicyclic) bond motifs is 1. The van der Waals surface area contributed by atoms with Gasteiger partial charge in [0, 0.05) is 6.42 Å². The van der Waals surface area contributed by atoms with E-state index in [1.807, 2.05) is 24.3 Å². The van der Waals surface area contributed by atoms with Crippen LogP contribution < -0.4 is 0 Å². The number of para-hydroxylation sites is 1. The van der Waals surface area contributed by atoms with Crippen LogP contribution in [0.3, 0.4) is 0 Å². The summed E-state index contributed by atoms with van der Waals surface area (Å²) in [5, 5.41) is 0. The highest BCUT2D eigenvalue weighted by molar-refractivity contribution is 6.40. The lowest BCUT2D eigenvalue weighted by molar-refractivity contribution is -0.112. The van der Waals surface area contributed by atoms with Crippen LogP contribution in [0.25, 0.3) is 0 Å². The molecule has 2 nitrogen and oxygen atoms in total. The Labute approximate surface area is 70.9 Å². The number of carbonyl (C=O) groups excluding carboxylic acids is 1. The normalized spacial score (nSPS) is 15.4. The maximum atomic E-state index is 11.2. The first-order chi connectivity index (χ1) is 5.77. The summed E-state index contributed by atoms with van der Waals surface area (Å²) in [5.41, 5.74) is 2.59. The summed E-state index contributed by atoms with van der Waals surface area (Å²) >= 11 is 0. The first-order valence-electron chi connectivity index (χ1n) is 3.94. The number of carbonyl (C=O) groups is 1. The molecular weight excluding hydrogens is 150 g/mol. The van der Waals surface area contributed by atoms with Gasteiger partial charge in [0.2, 0.25) is 0 Å². The lowest BCUT2D eigenvalue weighted by Gasteiger charge is -2.10. The van der Waals surface area contributed by atoms with Crippen molar-refractivity contribution in [3.63, 3.8) is 0 Å². The third-order valence-electron chi connectivity index (χ3n) is 2.03. The van der Waals surface area contributed by atoms with Crippen LogP contribution in [0, 0.1) is 0 Å². The number of hydrogen-bond donors (Lipinski definition) is 0. The van der Waals surface area contributed by atoms with E-state index in [0.717, 1.165) is 11.3 Å². The number of ketones is 1. The van der Waals surface area contributed by atoms with E-state index in [2.05, 4.69) is 4.99 Å². The van der Waals surface area contributed by atoms with Gasteiger partial charge in [0.25, 0.3) is 0 Å². The molecule has 0 aliphatic carbocycles. The van der Waals surface area contributed by atoms with Gasteiger partial charge in [0.15, 0.2) is 5.78 Å². The van der Waals surface area contributed by atoms with Crippen LogP contribution in [0.1, 0.15) is 12.5 Å². The molecule has 0 amide bonds. The van der Waals surface area contributed by atoms with E-state index in [1.165, 1.54) is 0 Å². The molecule has 0 spiro atoms. The molecule has 0 atom stereocenters. The zero-order valence-electron chi connectivity index (χ0n) is 6.87. The molecule has 0 bridgehead atoms.